The summed E-state index contributed by atoms with van der Waals surface area (Å²) in [6.07, 6.45) is 2.89. The highest BCUT2D eigenvalue weighted by molar-refractivity contribution is 5.93. The lowest BCUT2D eigenvalue weighted by Crippen LogP contribution is -2.32. The standard InChI is InChI=1S/C19H22N6O4/c1-11-4-5-14(22-18(26)20-12(2)15-6-8-28-24-15)10-17(11)23-19(27)21-13(3)16-7-9-29-25-16/h4-10,12-13H,1-3H3,(H2,20,22,26)(H2,21,23,27)/t12-,13+/m0/s1. The topological polar surface area (TPSA) is 134 Å². The molecule has 0 radical (unpaired) electrons. The lowest BCUT2D eigenvalue weighted by molar-refractivity contribution is 0.248. The number of hydrogen-bond donors (Lipinski definition) is 4. The predicted octanol–water partition coefficient (Wildman–Crippen LogP) is 3.74. The molecule has 2 atom stereocenters. The van der Waals surface area contributed by atoms with Gasteiger partial charge in [-0.15, -0.1) is 0 Å². The minimum atomic E-state index is -0.403. The molecule has 10 heteroatoms. The zero-order chi connectivity index (χ0) is 20.8. The fraction of sp³-hybridized carbons (Fsp3) is 0.263. The molecule has 0 aliphatic rings. The van der Waals surface area contributed by atoms with E-state index in [-0.39, 0.29) is 12.1 Å². The number of carbonyl (C=O) groups is 2. The Hall–Kier alpha value is -3.82. The summed E-state index contributed by atoms with van der Waals surface area (Å²) < 4.78 is 9.56. The molecular formula is C19H22N6O4. The Balaban J connectivity index is 1.58. The van der Waals surface area contributed by atoms with Gasteiger partial charge in [0.05, 0.1) is 12.1 Å². The van der Waals surface area contributed by atoms with E-state index in [1.807, 2.05) is 6.92 Å². The molecule has 0 aliphatic carbocycles. The molecule has 2 aromatic heterocycles. The van der Waals surface area contributed by atoms with Crippen LogP contribution in [0.3, 0.4) is 0 Å². The van der Waals surface area contributed by atoms with Crippen molar-refractivity contribution < 1.29 is 18.6 Å². The molecule has 0 saturated heterocycles. The van der Waals surface area contributed by atoms with Crippen molar-refractivity contribution in [3.05, 3.63) is 59.8 Å². The first-order chi connectivity index (χ1) is 13.9. The molecule has 152 valence electrons. The summed E-state index contributed by atoms with van der Waals surface area (Å²) in [5.74, 6) is 0. The molecule has 0 saturated carbocycles. The van der Waals surface area contributed by atoms with Gasteiger partial charge >= 0.3 is 12.1 Å². The summed E-state index contributed by atoms with van der Waals surface area (Å²) >= 11 is 0. The molecule has 10 nitrogen and oxygen atoms in total. The average molecular weight is 398 g/mol. The van der Waals surface area contributed by atoms with Crippen molar-refractivity contribution in [3.8, 4) is 0 Å². The van der Waals surface area contributed by atoms with Crippen LogP contribution in [-0.4, -0.2) is 22.4 Å². The molecule has 0 fully saturated rings. The van der Waals surface area contributed by atoms with Crippen LogP contribution in [0.1, 0.15) is 42.9 Å². The quantitative estimate of drug-likeness (QED) is 0.500. The molecule has 0 aliphatic heterocycles. The van der Waals surface area contributed by atoms with Gasteiger partial charge in [0.25, 0.3) is 0 Å². The second kappa shape index (κ2) is 8.91. The normalized spacial score (nSPS) is 12.7. The van der Waals surface area contributed by atoms with Crippen LogP contribution in [0.4, 0.5) is 21.0 Å². The summed E-state index contributed by atoms with van der Waals surface area (Å²) in [5, 5.41) is 18.6. The van der Waals surface area contributed by atoms with Gasteiger partial charge in [0.1, 0.15) is 23.9 Å². The van der Waals surface area contributed by atoms with E-state index in [0.29, 0.717) is 22.8 Å². The molecule has 3 aromatic rings. The zero-order valence-corrected chi connectivity index (χ0v) is 16.2. The van der Waals surface area contributed by atoms with E-state index >= 15 is 0 Å². The maximum atomic E-state index is 12.3. The first-order valence-electron chi connectivity index (χ1n) is 8.98. The minimum Gasteiger partial charge on any atom is -0.364 e. The van der Waals surface area contributed by atoms with Crippen LogP contribution in [0.2, 0.25) is 0 Å². The molecule has 3 rings (SSSR count). The first kappa shape index (κ1) is 19.9. The SMILES string of the molecule is Cc1ccc(NC(=O)N[C@@H](C)c2ccon2)cc1NC(=O)N[C@H](C)c1ccon1. The van der Waals surface area contributed by atoms with E-state index in [0.717, 1.165) is 5.56 Å². The molecule has 0 bridgehead atoms. The van der Waals surface area contributed by atoms with Crippen molar-refractivity contribution >= 4 is 23.4 Å². The van der Waals surface area contributed by atoms with Crippen LogP contribution >= 0.6 is 0 Å². The summed E-state index contributed by atoms with van der Waals surface area (Å²) in [6, 6.07) is 7.14. The maximum Gasteiger partial charge on any atom is 0.319 e. The molecule has 2 heterocycles. The Labute approximate surface area is 167 Å². The van der Waals surface area contributed by atoms with Gasteiger partial charge < -0.3 is 30.3 Å². The van der Waals surface area contributed by atoms with Crippen molar-refractivity contribution in [2.45, 2.75) is 32.9 Å². The van der Waals surface area contributed by atoms with Gasteiger partial charge in [-0.3, -0.25) is 0 Å². The van der Waals surface area contributed by atoms with Gasteiger partial charge in [-0.2, -0.15) is 0 Å². The fourth-order valence-corrected chi connectivity index (χ4v) is 2.59. The molecule has 0 spiro atoms. The fourth-order valence-electron chi connectivity index (χ4n) is 2.59. The Morgan fingerprint density at radius 2 is 1.41 bits per heavy atom. The van der Waals surface area contributed by atoms with Crippen molar-refractivity contribution in [2.75, 3.05) is 10.6 Å². The number of urea groups is 2. The number of amides is 4. The highest BCUT2D eigenvalue weighted by Gasteiger charge is 2.15. The molecule has 1 aromatic carbocycles. The average Bonchev–Trinajstić information content (AvgIpc) is 3.38. The summed E-state index contributed by atoms with van der Waals surface area (Å²) in [7, 11) is 0. The van der Waals surface area contributed by atoms with E-state index in [1.165, 1.54) is 12.5 Å². The molecule has 0 unspecified atom stereocenters. The maximum absolute atomic E-state index is 12.3. The van der Waals surface area contributed by atoms with E-state index in [2.05, 4.69) is 31.6 Å². The number of aromatic nitrogens is 2. The lowest BCUT2D eigenvalue weighted by Gasteiger charge is -2.16. The Kier molecular flexibility index (Phi) is 6.12. The highest BCUT2D eigenvalue weighted by Crippen LogP contribution is 2.21. The van der Waals surface area contributed by atoms with Crippen molar-refractivity contribution in [1.82, 2.24) is 20.9 Å². The third kappa shape index (κ3) is 5.34. The van der Waals surface area contributed by atoms with Crippen LogP contribution in [0.5, 0.6) is 0 Å². The Morgan fingerprint density at radius 1 is 0.862 bits per heavy atom. The van der Waals surface area contributed by atoms with Gasteiger partial charge in [-0.25, -0.2) is 9.59 Å². The molecule has 4 amide bonds. The summed E-state index contributed by atoms with van der Waals surface area (Å²) in [6.45, 7) is 5.44. The number of nitrogens with zero attached hydrogens (tertiary/aromatic N) is 2. The lowest BCUT2D eigenvalue weighted by atomic mass is 10.2. The van der Waals surface area contributed by atoms with Gasteiger partial charge in [-0.1, -0.05) is 16.4 Å². The predicted molar refractivity (Wildman–Crippen MR) is 105 cm³/mol. The van der Waals surface area contributed by atoms with Gasteiger partial charge in [0, 0.05) is 23.5 Å². The van der Waals surface area contributed by atoms with E-state index in [9.17, 15) is 9.59 Å². The first-order valence-corrected chi connectivity index (χ1v) is 8.98. The summed E-state index contributed by atoms with van der Waals surface area (Å²) in [4.78, 5) is 24.5. The number of benzene rings is 1. The second-order valence-electron chi connectivity index (χ2n) is 6.52. The highest BCUT2D eigenvalue weighted by atomic mass is 16.5. The van der Waals surface area contributed by atoms with Gasteiger partial charge in [0.15, 0.2) is 0 Å². The van der Waals surface area contributed by atoms with Crippen molar-refractivity contribution in [3.63, 3.8) is 0 Å². The van der Waals surface area contributed by atoms with Crippen LogP contribution in [0.25, 0.3) is 0 Å². The molecule has 29 heavy (non-hydrogen) atoms. The second-order valence-corrected chi connectivity index (χ2v) is 6.52. The molecule has 4 N–H and O–H groups in total. The van der Waals surface area contributed by atoms with E-state index in [1.54, 1.807) is 44.2 Å². The summed E-state index contributed by atoms with van der Waals surface area (Å²) in [5.41, 5.74) is 3.17. The minimum absolute atomic E-state index is 0.319. The van der Waals surface area contributed by atoms with Crippen LogP contribution in [0.15, 0.2) is 51.9 Å². The zero-order valence-electron chi connectivity index (χ0n) is 16.2. The number of anilines is 2. The van der Waals surface area contributed by atoms with Gasteiger partial charge in [0.2, 0.25) is 0 Å². The molecular weight excluding hydrogens is 376 g/mol. The Morgan fingerprint density at radius 3 is 1.93 bits per heavy atom. The smallest absolute Gasteiger partial charge is 0.319 e. The van der Waals surface area contributed by atoms with Crippen molar-refractivity contribution in [2.24, 2.45) is 0 Å². The number of rotatable bonds is 6. The number of aryl methyl sites for hydroxylation is 1. The largest absolute Gasteiger partial charge is 0.364 e. The van der Waals surface area contributed by atoms with Gasteiger partial charge in [-0.05, 0) is 38.5 Å². The van der Waals surface area contributed by atoms with E-state index < -0.39 is 12.1 Å². The van der Waals surface area contributed by atoms with Crippen molar-refractivity contribution in [1.29, 1.82) is 0 Å². The Bertz CT molecular complexity index is 955. The van der Waals surface area contributed by atoms with E-state index in [4.69, 9.17) is 9.05 Å². The van der Waals surface area contributed by atoms with Crippen LogP contribution < -0.4 is 21.3 Å². The third-order valence-electron chi connectivity index (χ3n) is 4.24. The van der Waals surface area contributed by atoms with Crippen LogP contribution in [-0.2, 0) is 0 Å². The number of hydrogen-bond acceptors (Lipinski definition) is 6. The van der Waals surface area contributed by atoms with Crippen LogP contribution in [0, 0.1) is 6.92 Å². The monoisotopic (exact) mass is 398 g/mol. The third-order valence-corrected chi connectivity index (χ3v) is 4.24. The number of nitrogens with one attached hydrogen (secondary N) is 4. The number of carbonyl (C=O) groups excluding carboxylic acids is 2.